The minimum Gasteiger partial charge on any atom is -0.374 e. The number of hydrogen-bond donors (Lipinski definition) is 1. The Labute approximate surface area is 109 Å². The first-order valence-electron chi connectivity index (χ1n) is 6.39. The summed E-state index contributed by atoms with van der Waals surface area (Å²) >= 11 is 0. The molecule has 0 aliphatic rings. The molecule has 102 valence electrons. The van der Waals surface area contributed by atoms with Crippen molar-refractivity contribution in [2.24, 2.45) is 0 Å². The molecule has 1 aromatic heterocycles. The molecule has 0 radical (unpaired) electrons. The molecule has 1 N–H and O–H groups in total. The number of carbonyl (C=O) groups excluding carboxylic acids is 1. The highest BCUT2D eigenvalue weighted by Crippen LogP contribution is 2.03. The van der Waals surface area contributed by atoms with Crippen LogP contribution in [0.2, 0.25) is 0 Å². The second-order valence-corrected chi connectivity index (χ2v) is 4.94. The molecule has 18 heavy (non-hydrogen) atoms. The fourth-order valence-corrected chi connectivity index (χ4v) is 1.48. The largest absolute Gasteiger partial charge is 0.374 e. The van der Waals surface area contributed by atoms with Crippen LogP contribution in [0.1, 0.15) is 39.7 Å². The third kappa shape index (κ3) is 5.82. The van der Waals surface area contributed by atoms with Gasteiger partial charge in [0.25, 0.3) is 0 Å². The molecule has 0 atom stereocenters. The molecule has 0 saturated heterocycles. The van der Waals surface area contributed by atoms with Gasteiger partial charge >= 0.3 is 0 Å². The van der Waals surface area contributed by atoms with Crippen molar-refractivity contribution in [3.8, 4) is 0 Å². The summed E-state index contributed by atoms with van der Waals surface area (Å²) in [4.78, 5) is 11.5. The molecule has 0 fully saturated rings. The summed E-state index contributed by atoms with van der Waals surface area (Å²) in [5.74, 6) is 0.0560. The van der Waals surface area contributed by atoms with E-state index >= 15 is 0 Å². The highest BCUT2D eigenvalue weighted by atomic mass is 16.5. The minimum absolute atomic E-state index is 0.0560. The number of aromatic nitrogens is 2. The highest BCUT2D eigenvalue weighted by Gasteiger charge is 2.05. The number of ether oxygens (including phenoxy) is 1. The van der Waals surface area contributed by atoms with Crippen LogP contribution in [0.25, 0.3) is 0 Å². The Bertz CT molecular complexity index is 372. The smallest absolute Gasteiger partial charge is 0.222 e. The van der Waals surface area contributed by atoms with Crippen molar-refractivity contribution in [2.45, 2.75) is 59.4 Å². The number of rotatable bonds is 7. The molecule has 0 aliphatic heterocycles. The van der Waals surface area contributed by atoms with Gasteiger partial charge in [-0.25, -0.2) is 0 Å². The van der Waals surface area contributed by atoms with E-state index in [-0.39, 0.29) is 18.1 Å². The van der Waals surface area contributed by atoms with Crippen molar-refractivity contribution in [3.63, 3.8) is 0 Å². The van der Waals surface area contributed by atoms with Gasteiger partial charge in [-0.05, 0) is 27.7 Å². The first kappa shape index (κ1) is 14.7. The summed E-state index contributed by atoms with van der Waals surface area (Å²) in [6.45, 7) is 9.07. The van der Waals surface area contributed by atoms with Crippen LogP contribution >= 0.6 is 0 Å². The fraction of sp³-hybridized carbons (Fsp3) is 0.692. The molecule has 0 saturated carbocycles. The minimum atomic E-state index is 0.0560. The van der Waals surface area contributed by atoms with Crippen molar-refractivity contribution in [1.82, 2.24) is 15.1 Å². The summed E-state index contributed by atoms with van der Waals surface area (Å²) in [6.07, 6.45) is 4.36. The average molecular weight is 253 g/mol. The third-order valence-corrected chi connectivity index (χ3v) is 2.29. The SMILES string of the molecule is CC(C)NC(=O)CCn1cc(COC(C)C)cn1. The summed E-state index contributed by atoms with van der Waals surface area (Å²) in [5.41, 5.74) is 1.04. The maximum Gasteiger partial charge on any atom is 0.222 e. The van der Waals surface area contributed by atoms with Crippen molar-refractivity contribution in [2.75, 3.05) is 0 Å². The lowest BCUT2D eigenvalue weighted by atomic mass is 10.3. The van der Waals surface area contributed by atoms with E-state index in [4.69, 9.17) is 4.74 Å². The van der Waals surface area contributed by atoms with Gasteiger partial charge in [0.15, 0.2) is 0 Å². The van der Waals surface area contributed by atoms with Crippen LogP contribution in [-0.4, -0.2) is 27.8 Å². The Balaban J connectivity index is 2.33. The van der Waals surface area contributed by atoms with Gasteiger partial charge in [0.05, 0.1) is 18.9 Å². The number of carbonyl (C=O) groups is 1. The molecule has 5 nitrogen and oxygen atoms in total. The Kier molecular flexibility index (Phi) is 5.85. The van der Waals surface area contributed by atoms with Crippen molar-refractivity contribution in [1.29, 1.82) is 0 Å². The van der Waals surface area contributed by atoms with Crippen LogP contribution < -0.4 is 5.32 Å². The molecular weight excluding hydrogens is 230 g/mol. The van der Waals surface area contributed by atoms with Crippen molar-refractivity contribution < 1.29 is 9.53 Å². The molecule has 0 aromatic carbocycles. The van der Waals surface area contributed by atoms with Gasteiger partial charge in [-0.15, -0.1) is 0 Å². The Morgan fingerprint density at radius 2 is 2.17 bits per heavy atom. The lowest BCUT2D eigenvalue weighted by molar-refractivity contribution is -0.121. The van der Waals surface area contributed by atoms with E-state index in [1.165, 1.54) is 0 Å². The number of nitrogens with one attached hydrogen (secondary N) is 1. The summed E-state index contributed by atoms with van der Waals surface area (Å²) < 4.78 is 7.26. The average Bonchev–Trinajstić information content (AvgIpc) is 2.70. The molecule has 5 heteroatoms. The highest BCUT2D eigenvalue weighted by molar-refractivity contribution is 5.76. The van der Waals surface area contributed by atoms with Gasteiger partial charge in [0, 0.05) is 30.8 Å². The van der Waals surface area contributed by atoms with Crippen LogP contribution in [0.15, 0.2) is 12.4 Å². The molecular formula is C13H23N3O2. The Morgan fingerprint density at radius 3 is 2.78 bits per heavy atom. The van der Waals surface area contributed by atoms with E-state index in [1.807, 2.05) is 33.9 Å². The lowest BCUT2D eigenvalue weighted by Crippen LogP contribution is -2.30. The summed E-state index contributed by atoms with van der Waals surface area (Å²) in [5, 5.41) is 7.06. The molecule has 1 heterocycles. The first-order valence-corrected chi connectivity index (χ1v) is 6.39. The molecule has 0 unspecified atom stereocenters. The summed E-state index contributed by atoms with van der Waals surface area (Å²) in [7, 11) is 0. The zero-order valence-corrected chi connectivity index (χ0v) is 11.6. The maximum atomic E-state index is 11.5. The zero-order chi connectivity index (χ0) is 13.5. The lowest BCUT2D eigenvalue weighted by Gasteiger charge is -2.08. The van der Waals surface area contributed by atoms with E-state index in [2.05, 4.69) is 10.4 Å². The van der Waals surface area contributed by atoms with Gasteiger partial charge in [-0.3, -0.25) is 9.48 Å². The molecule has 0 spiro atoms. The third-order valence-electron chi connectivity index (χ3n) is 2.29. The van der Waals surface area contributed by atoms with E-state index in [0.29, 0.717) is 19.6 Å². The second kappa shape index (κ2) is 7.16. The monoisotopic (exact) mass is 253 g/mol. The number of nitrogens with zero attached hydrogens (tertiary/aromatic N) is 2. The standard InChI is InChI=1S/C13H23N3O2/c1-10(2)15-13(17)5-6-16-8-12(7-14-16)9-18-11(3)4/h7-8,10-11H,5-6,9H2,1-4H3,(H,15,17). The van der Waals surface area contributed by atoms with Gasteiger partial charge in [0.2, 0.25) is 5.91 Å². The number of aryl methyl sites for hydroxylation is 1. The molecule has 1 rings (SSSR count). The fourth-order valence-electron chi connectivity index (χ4n) is 1.48. The van der Waals surface area contributed by atoms with Gasteiger partial charge in [-0.2, -0.15) is 5.10 Å². The predicted molar refractivity (Wildman–Crippen MR) is 70.0 cm³/mol. The van der Waals surface area contributed by atoms with Crippen LogP contribution in [0.3, 0.4) is 0 Å². The predicted octanol–water partition coefficient (Wildman–Crippen LogP) is 1.72. The van der Waals surface area contributed by atoms with Gasteiger partial charge in [-0.1, -0.05) is 0 Å². The molecule has 0 bridgehead atoms. The van der Waals surface area contributed by atoms with Crippen LogP contribution in [0.5, 0.6) is 0 Å². The van der Waals surface area contributed by atoms with Gasteiger partial charge < -0.3 is 10.1 Å². The van der Waals surface area contributed by atoms with Crippen LogP contribution in [-0.2, 0) is 22.7 Å². The molecule has 1 amide bonds. The zero-order valence-electron chi connectivity index (χ0n) is 11.6. The van der Waals surface area contributed by atoms with Crippen molar-refractivity contribution in [3.05, 3.63) is 18.0 Å². The molecule has 0 aliphatic carbocycles. The van der Waals surface area contributed by atoms with E-state index in [9.17, 15) is 4.79 Å². The number of hydrogen-bond acceptors (Lipinski definition) is 3. The normalized spacial score (nSPS) is 11.2. The molecule has 1 aromatic rings. The topological polar surface area (TPSA) is 56.2 Å². The van der Waals surface area contributed by atoms with E-state index in [0.717, 1.165) is 5.56 Å². The Morgan fingerprint density at radius 1 is 1.44 bits per heavy atom. The van der Waals surface area contributed by atoms with Crippen molar-refractivity contribution >= 4 is 5.91 Å². The van der Waals surface area contributed by atoms with Gasteiger partial charge in [0.1, 0.15) is 0 Å². The Hall–Kier alpha value is -1.36. The number of amides is 1. The maximum absolute atomic E-state index is 11.5. The van der Waals surface area contributed by atoms with Crippen LogP contribution in [0.4, 0.5) is 0 Å². The van der Waals surface area contributed by atoms with Crippen LogP contribution in [0, 0.1) is 0 Å². The summed E-state index contributed by atoms with van der Waals surface area (Å²) in [6, 6.07) is 0.185. The second-order valence-electron chi connectivity index (χ2n) is 4.94. The van der Waals surface area contributed by atoms with E-state index in [1.54, 1.807) is 10.9 Å². The first-order chi connectivity index (χ1) is 8.47. The van der Waals surface area contributed by atoms with E-state index < -0.39 is 0 Å². The quantitative estimate of drug-likeness (QED) is 0.805.